The van der Waals surface area contributed by atoms with E-state index >= 15 is 0 Å². The minimum atomic E-state index is -0.999. The van der Waals surface area contributed by atoms with Crippen molar-refractivity contribution in [3.8, 4) is 22.6 Å². The van der Waals surface area contributed by atoms with E-state index in [9.17, 15) is 4.79 Å². The van der Waals surface area contributed by atoms with Gasteiger partial charge < -0.3 is 14.6 Å². The van der Waals surface area contributed by atoms with Crippen LogP contribution in [0.4, 0.5) is 4.79 Å². The molecule has 114 valence electrons. The van der Waals surface area contributed by atoms with Crippen LogP contribution in [0.3, 0.4) is 0 Å². The van der Waals surface area contributed by atoms with Gasteiger partial charge in [-0.05, 0) is 17.7 Å². The molecule has 1 N–H and O–H groups in total. The van der Waals surface area contributed by atoms with Crippen LogP contribution >= 0.6 is 0 Å². The van der Waals surface area contributed by atoms with Crippen molar-refractivity contribution in [3.63, 3.8) is 0 Å². The summed E-state index contributed by atoms with van der Waals surface area (Å²) in [6.45, 7) is 0. The number of carboxylic acid groups (broad SMARTS) is 1. The van der Waals surface area contributed by atoms with Crippen molar-refractivity contribution in [2.45, 2.75) is 12.6 Å². The lowest BCUT2D eigenvalue weighted by Crippen LogP contribution is -2.38. The SMILES string of the molecule is COc1cccc(-c2cccc3c2OC(N(C)C(=O)O)C3)c1. The van der Waals surface area contributed by atoms with E-state index in [1.165, 1.54) is 11.9 Å². The monoisotopic (exact) mass is 299 g/mol. The summed E-state index contributed by atoms with van der Waals surface area (Å²) >= 11 is 0. The third-order valence-electron chi connectivity index (χ3n) is 3.86. The third kappa shape index (κ3) is 2.45. The molecule has 0 radical (unpaired) electrons. The normalized spacial score (nSPS) is 15.8. The fourth-order valence-corrected chi connectivity index (χ4v) is 2.61. The van der Waals surface area contributed by atoms with Crippen molar-refractivity contribution in [1.29, 1.82) is 0 Å². The maximum absolute atomic E-state index is 11.1. The minimum absolute atomic E-state index is 0.487. The van der Waals surface area contributed by atoms with Gasteiger partial charge in [-0.1, -0.05) is 30.3 Å². The maximum atomic E-state index is 11.1. The standard InChI is InChI=1S/C17H17NO4/c1-18(17(19)20)15-10-12-6-4-8-14(16(12)22-15)11-5-3-7-13(9-11)21-2/h3-9,15H,10H2,1-2H3,(H,19,20). The van der Waals surface area contributed by atoms with E-state index in [1.54, 1.807) is 7.11 Å². The van der Waals surface area contributed by atoms with Crippen molar-refractivity contribution >= 4 is 6.09 Å². The topological polar surface area (TPSA) is 59.0 Å². The summed E-state index contributed by atoms with van der Waals surface area (Å²) in [6, 6.07) is 13.6. The van der Waals surface area contributed by atoms with Crippen molar-refractivity contribution in [2.75, 3.05) is 14.2 Å². The predicted molar refractivity (Wildman–Crippen MR) is 82.3 cm³/mol. The molecule has 0 aliphatic carbocycles. The number of hydrogen-bond donors (Lipinski definition) is 1. The van der Waals surface area contributed by atoms with E-state index in [4.69, 9.17) is 14.6 Å². The zero-order valence-electron chi connectivity index (χ0n) is 12.4. The Morgan fingerprint density at radius 3 is 2.82 bits per heavy atom. The predicted octanol–water partition coefficient (Wildman–Crippen LogP) is 3.23. The van der Waals surface area contributed by atoms with Crippen LogP contribution in [-0.4, -0.2) is 36.5 Å². The molecule has 2 aromatic rings. The summed E-state index contributed by atoms with van der Waals surface area (Å²) in [4.78, 5) is 12.3. The van der Waals surface area contributed by atoms with Crippen molar-refractivity contribution in [3.05, 3.63) is 48.0 Å². The molecule has 0 aromatic heterocycles. The molecule has 5 heteroatoms. The molecule has 1 amide bonds. The molecule has 1 heterocycles. The number of nitrogens with zero attached hydrogens (tertiary/aromatic N) is 1. The van der Waals surface area contributed by atoms with Crippen LogP contribution in [0.15, 0.2) is 42.5 Å². The second-order valence-corrected chi connectivity index (χ2v) is 5.20. The molecular weight excluding hydrogens is 282 g/mol. The molecule has 2 aromatic carbocycles. The number of amides is 1. The molecule has 0 saturated carbocycles. The Morgan fingerprint density at radius 2 is 2.09 bits per heavy atom. The van der Waals surface area contributed by atoms with Gasteiger partial charge in [0.2, 0.25) is 0 Å². The Morgan fingerprint density at radius 1 is 1.32 bits per heavy atom. The first-order valence-electron chi connectivity index (χ1n) is 6.99. The Kier molecular flexibility index (Phi) is 3.63. The summed E-state index contributed by atoms with van der Waals surface area (Å²) in [5.74, 6) is 1.51. The van der Waals surface area contributed by atoms with Gasteiger partial charge in [-0.15, -0.1) is 0 Å². The van der Waals surface area contributed by atoms with E-state index in [0.29, 0.717) is 6.42 Å². The van der Waals surface area contributed by atoms with Gasteiger partial charge in [0.05, 0.1) is 7.11 Å². The van der Waals surface area contributed by atoms with Gasteiger partial charge in [0.1, 0.15) is 11.5 Å². The molecule has 1 atom stereocenters. The number of methoxy groups -OCH3 is 1. The molecule has 0 fully saturated rings. The first-order valence-corrected chi connectivity index (χ1v) is 6.99. The Labute approximate surface area is 128 Å². The van der Waals surface area contributed by atoms with Gasteiger partial charge in [0.15, 0.2) is 6.23 Å². The highest BCUT2D eigenvalue weighted by Crippen LogP contribution is 2.40. The molecule has 0 bridgehead atoms. The fraction of sp³-hybridized carbons (Fsp3) is 0.235. The molecule has 1 unspecified atom stereocenters. The van der Waals surface area contributed by atoms with Gasteiger partial charge in [0, 0.05) is 24.6 Å². The van der Waals surface area contributed by atoms with Gasteiger partial charge in [0.25, 0.3) is 0 Å². The number of benzene rings is 2. The van der Waals surface area contributed by atoms with Crippen LogP contribution in [-0.2, 0) is 6.42 Å². The highest BCUT2D eigenvalue weighted by atomic mass is 16.5. The van der Waals surface area contributed by atoms with Crippen LogP contribution in [0.1, 0.15) is 5.56 Å². The quantitative estimate of drug-likeness (QED) is 0.945. The van der Waals surface area contributed by atoms with E-state index < -0.39 is 12.3 Å². The minimum Gasteiger partial charge on any atom is -0.497 e. The molecule has 3 rings (SSSR count). The third-order valence-corrected chi connectivity index (χ3v) is 3.86. The number of likely N-dealkylation sites (N-methyl/N-ethyl adjacent to an activating group) is 1. The average Bonchev–Trinajstić information content (AvgIpc) is 2.97. The van der Waals surface area contributed by atoms with E-state index in [1.807, 2.05) is 42.5 Å². The smallest absolute Gasteiger partial charge is 0.409 e. The Balaban J connectivity index is 1.97. The van der Waals surface area contributed by atoms with E-state index in [2.05, 4.69) is 0 Å². The van der Waals surface area contributed by atoms with Crippen LogP contribution in [0.2, 0.25) is 0 Å². The zero-order chi connectivity index (χ0) is 15.7. The molecule has 1 aliphatic rings. The Bertz CT molecular complexity index is 714. The van der Waals surface area contributed by atoms with Crippen LogP contribution < -0.4 is 9.47 Å². The molecule has 5 nitrogen and oxygen atoms in total. The average molecular weight is 299 g/mol. The lowest BCUT2D eigenvalue weighted by Gasteiger charge is -2.21. The maximum Gasteiger partial charge on any atom is 0.409 e. The van der Waals surface area contributed by atoms with Gasteiger partial charge >= 0.3 is 6.09 Å². The summed E-state index contributed by atoms with van der Waals surface area (Å²) in [5, 5.41) is 9.11. The Hall–Kier alpha value is -2.69. The number of ether oxygens (including phenoxy) is 2. The summed E-state index contributed by atoms with van der Waals surface area (Å²) in [6.07, 6.45) is -0.935. The summed E-state index contributed by atoms with van der Waals surface area (Å²) < 4.78 is 11.2. The second-order valence-electron chi connectivity index (χ2n) is 5.20. The van der Waals surface area contributed by atoms with Gasteiger partial charge in [-0.2, -0.15) is 0 Å². The van der Waals surface area contributed by atoms with Crippen LogP contribution in [0.25, 0.3) is 11.1 Å². The van der Waals surface area contributed by atoms with Crippen LogP contribution in [0, 0.1) is 0 Å². The number of rotatable bonds is 3. The van der Waals surface area contributed by atoms with Crippen molar-refractivity contribution in [1.82, 2.24) is 4.90 Å². The van der Waals surface area contributed by atoms with Gasteiger partial charge in [-0.3, -0.25) is 4.90 Å². The van der Waals surface area contributed by atoms with E-state index in [-0.39, 0.29) is 0 Å². The number of carbonyl (C=O) groups is 1. The molecule has 0 saturated heterocycles. The lowest BCUT2D eigenvalue weighted by molar-refractivity contribution is 0.0610. The fourth-order valence-electron chi connectivity index (χ4n) is 2.61. The first-order chi connectivity index (χ1) is 10.6. The summed E-state index contributed by atoms with van der Waals surface area (Å²) in [7, 11) is 3.15. The number of hydrogen-bond acceptors (Lipinski definition) is 3. The molecular formula is C17H17NO4. The van der Waals surface area contributed by atoms with Crippen molar-refractivity contribution < 1.29 is 19.4 Å². The second kappa shape index (κ2) is 5.60. The highest BCUT2D eigenvalue weighted by Gasteiger charge is 2.30. The molecule has 0 spiro atoms. The highest BCUT2D eigenvalue weighted by molar-refractivity contribution is 5.74. The van der Waals surface area contributed by atoms with Crippen LogP contribution in [0.5, 0.6) is 11.5 Å². The first kappa shape index (κ1) is 14.3. The number of para-hydroxylation sites is 1. The van der Waals surface area contributed by atoms with Crippen molar-refractivity contribution in [2.24, 2.45) is 0 Å². The summed E-state index contributed by atoms with van der Waals surface area (Å²) in [5.41, 5.74) is 2.94. The largest absolute Gasteiger partial charge is 0.497 e. The van der Waals surface area contributed by atoms with Gasteiger partial charge in [-0.25, -0.2) is 4.79 Å². The lowest BCUT2D eigenvalue weighted by atomic mass is 10.0. The number of fused-ring (bicyclic) bond motifs is 1. The van der Waals surface area contributed by atoms with E-state index in [0.717, 1.165) is 28.2 Å². The zero-order valence-corrected chi connectivity index (χ0v) is 12.4. The molecule has 1 aliphatic heterocycles. The molecule has 22 heavy (non-hydrogen) atoms.